The Balaban J connectivity index is 1.24. The zero-order valence-electron chi connectivity index (χ0n) is 29.5. The average molecular weight is 716 g/mol. The van der Waals surface area contributed by atoms with Crippen LogP contribution in [0.25, 0.3) is 0 Å². The van der Waals surface area contributed by atoms with E-state index < -0.39 is 15.6 Å². The second-order valence-electron chi connectivity index (χ2n) is 14.8. The molecule has 0 radical (unpaired) electrons. The summed E-state index contributed by atoms with van der Waals surface area (Å²) in [6.45, 7) is 6.33. The van der Waals surface area contributed by atoms with Crippen LogP contribution in [0, 0.1) is 25.7 Å². The fourth-order valence-corrected chi connectivity index (χ4v) is 11.1. The first-order chi connectivity index (χ1) is 24.1. The molecule has 4 aliphatic rings. The number of hydrogen-bond acceptors (Lipinski definition) is 8. The van der Waals surface area contributed by atoms with E-state index in [9.17, 15) is 13.8 Å². The lowest BCUT2D eigenvalue weighted by Crippen LogP contribution is -2.49. The van der Waals surface area contributed by atoms with Crippen molar-refractivity contribution in [3.63, 3.8) is 0 Å². The minimum atomic E-state index is -3.15. The highest BCUT2D eigenvalue weighted by atomic mass is 32.2. The minimum Gasteiger partial charge on any atom is -0.490 e. The van der Waals surface area contributed by atoms with Crippen molar-refractivity contribution in [2.45, 2.75) is 83.2 Å². The number of carbonyl (C=O) groups excluding carboxylic acids is 2. The van der Waals surface area contributed by atoms with Gasteiger partial charge in [-0.05, 0) is 106 Å². The standard InChI is InChI=1S/C40H49N3O5S2/c1-27-10-15-34-29(20-27)8-7-18-40(34)24-43-22-31-11-14-33(31)37(47-3)9-5-4-6-19-50(46,23-32(44)13-16-35-28(2)49-26-41-35)42-39(45)30-12-17-38(48-25-40)36(43)21-30/h5,9-10,12,15,17,20-21,26,31,33,37H,4,6-8,11,13-14,16,18-19,22-25H2,1-3H3/b9-5+/t31-,33+,37-,40-,50?/m0/s1. The van der Waals surface area contributed by atoms with Crippen LogP contribution in [0.4, 0.5) is 5.69 Å². The van der Waals surface area contributed by atoms with E-state index in [4.69, 9.17) is 9.47 Å². The lowest BCUT2D eigenvalue weighted by molar-refractivity contribution is -0.116. The van der Waals surface area contributed by atoms with Crippen molar-refractivity contribution in [1.82, 2.24) is 4.98 Å². The summed E-state index contributed by atoms with van der Waals surface area (Å²) in [6.07, 6.45) is 11.7. The van der Waals surface area contributed by atoms with Crippen LogP contribution in [-0.4, -0.2) is 65.3 Å². The fourth-order valence-electron chi connectivity index (χ4n) is 8.50. The molecule has 1 spiro atoms. The average Bonchev–Trinajstić information content (AvgIpc) is 3.43. The van der Waals surface area contributed by atoms with Gasteiger partial charge in [0.25, 0.3) is 5.91 Å². The van der Waals surface area contributed by atoms with Crippen molar-refractivity contribution in [3.8, 4) is 5.75 Å². The molecule has 2 aromatic carbocycles. The van der Waals surface area contributed by atoms with E-state index in [0.29, 0.717) is 43.3 Å². The van der Waals surface area contributed by atoms with Gasteiger partial charge >= 0.3 is 0 Å². The Morgan fingerprint density at radius 2 is 2.04 bits per heavy atom. The number of aromatic nitrogens is 1. The largest absolute Gasteiger partial charge is 0.490 e. The van der Waals surface area contributed by atoms with E-state index >= 15 is 0 Å². The van der Waals surface area contributed by atoms with Gasteiger partial charge in [-0.25, -0.2) is 9.19 Å². The molecule has 1 aromatic heterocycles. The lowest BCUT2D eigenvalue weighted by Gasteiger charge is -2.46. The summed E-state index contributed by atoms with van der Waals surface area (Å²) in [5.41, 5.74) is 7.80. The zero-order valence-corrected chi connectivity index (χ0v) is 31.2. The molecule has 50 heavy (non-hydrogen) atoms. The first-order valence-corrected chi connectivity index (χ1v) is 20.9. The molecule has 10 heteroatoms. The van der Waals surface area contributed by atoms with Crippen molar-refractivity contribution in [2.75, 3.05) is 43.2 Å². The topological polar surface area (TPSA) is 98.2 Å². The number of methoxy groups -OCH3 is 1. The first-order valence-electron chi connectivity index (χ1n) is 18.1. The number of nitrogens with zero attached hydrogens (tertiary/aromatic N) is 3. The molecule has 266 valence electrons. The van der Waals surface area contributed by atoms with E-state index in [1.165, 1.54) is 16.7 Å². The predicted octanol–water partition coefficient (Wildman–Crippen LogP) is 7.43. The van der Waals surface area contributed by atoms with Crippen LogP contribution >= 0.6 is 11.3 Å². The summed E-state index contributed by atoms with van der Waals surface area (Å²) in [7, 11) is -1.36. The zero-order chi connectivity index (χ0) is 34.9. The summed E-state index contributed by atoms with van der Waals surface area (Å²) in [5, 5.41) is 0. The number of carbonyl (C=O) groups is 2. The molecule has 8 nitrogen and oxygen atoms in total. The molecule has 1 unspecified atom stereocenters. The molecule has 3 heterocycles. The SMILES string of the molecule is CO[C@H]1/C=C/CCCS(=O)(CC(=O)CCc2ncsc2C)=NC(=O)c2ccc3c(c2)N(C[C@@H]2CC[C@H]21)C[C@@]1(CCCc2cc(C)ccc21)CO3. The number of amides is 1. The van der Waals surface area contributed by atoms with Crippen LogP contribution < -0.4 is 9.64 Å². The van der Waals surface area contributed by atoms with Gasteiger partial charge < -0.3 is 14.4 Å². The summed E-state index contributed by atoms with van der Waals surface area (Å²) in [5.74, 6) is 0.815. The number of Topliss-reactive ketones (excluding diaryl/α,β-unsaturated/α-hetero) is 1. The Bertz CT molecular complexity index is 1910. The van der Waals surface area contributed by atoms with Gasteiger partial charge in [0.15, 0.2) is 0 Å². The first kappa shape index (κ1) is 35.1. The molecule has 5 atom stereocenters. The molecular formula is C40H49N3O5S2. The third-order valence-electron chi connectivity index (χ3n) is 11.4. The number of thiazole rings is 1. The van der Waals surface area contributed by atoms with Gasteiger partial charge in [0.1, 0.15) is 11.5 Å². The van der Waals surface area contributed by atoms with Crippen molar-refractivity contribution < 1.29 is 23.3 Å². The molecule has 3 aromatic rings. The molecule has 7 rings (SSSR count). The molecule has 1 amide bonds. The highest BCUT2D eigenvalue weighted by Gasteiger charge is 2.44. The quantitative estimate of drug-likeness (QED) is 0.245. The van der Waals surface area contributed by atoms with Crippen molar-refractivity contribution >= 4 is 38.4 Å². The Hall–Kier alpha value is -3.34. The third kappa shape index (κ3) is 7.34. The highest BCUT2D eigenvalue weighted by Crippen LogP contribution is 2.47. The van der Waals surface area contributed by atoms with Crippen LogP contribution in [0.2, 0.25) is 0 Å². The van der Waals surface area contributed by atoms with Crippen LogP contribution in [0.3, 0.4) is 0 Å². The number of anilines is 1. The minimum absolute atomic E-state index is 0.00518. The van der Waals surface area contributed by atoms with Gasteiger partial charge in [-0.3, -0.25) is 9.59 Å². The number of aryl methyl sites for hydroxylation is 4. The number of fused-ring (bicyclic) bond motifs is 4. The van der Waals surface area contributed by atoms with E-state index in [0.717, 1.165) is 67.2 Å². The second kappa shape index (κ2) is 14.7. The smallest absolute Gasteiger partial charge is 0.285 e. The number of benzene rings is 2. The van der Waals surface area contributed by atoms with Gasteiger partial charge in [-0.1, -0.05) is 35.9 Å². The highest BCUT2D eigenvalue weighted by molar-refractivity contribution is 7.94. The molecule has 2 bridgehead atoms. The monoisotopic (exact) mass is 715 g/mol. The van der Waals surface area contributed by atoms with Gasteiger partial charge in [-0.15, -0.1) is 11.3 Å². The fraction of sp³-hybridized carbons (Fsp3) is 0.525. The Labute approximate surface area is 300 Å². The van der Waals surface area contributed by atoms with Crippen LogP contribution in [-0.2, 0) is 37.5 Å². The van der Waals surface area contributed by atoms with Crippen LogP contribution in [0.1, 0.15) is 82.6 Å². The molecular weight excluding hydrogens is 667 g/mol. The molecule has 2 aliphatic carbocycles. The maximum absolute atomic E-state index is 14.4. The van der Waals surface area contributed by atoms with Gasteiger partial charge in [0.05, 0.1) is 45.1 Å². The van der Waals surface area contributed by atoms with E-state index in [2.05, 4.69) is 51.5 Å². The normalized spacial score (nSPS) is 28.7. The van der Waals surface area contributed by atoms with Gasteiger partial charge in [0, 0.05) is 48.2 Å². The summed E-state index contributed by atoms with van der Waals surface area (Å²) in [6, 6.07) is 12.4. The number of ketones is 1. The number of ether oxygens (including phenoxy) is 2. The van der Waals surface area contributed by atoms with Crippen molar-refractivity contribution in [2.24, 2.45) is 16.2 Å². The van der Waals surface area contributed by atoms with Crippen molar-refractivity contribution in [1.29, 1.82) is 0 Å². The van der Waals surface area contributed by atoms with E-state index in [1.807, 2.05) is 19.1 Å². The lowest BCUT2D eigenvalue weighted by atomic mass is 9.68. The molecule has 1 fully saturated rings. The second-order valence-corrected chi connectivity index (χ2v) is 18.3. The number of rotatable bonds is 6. The summed E-state index contributed by atoms with van der Waals surface area (Å²) in [4.78, 5) is 35.0. The van der Waals surface area contributed by atoms with Crippen molar-refractivity contribution in [3.05, 3.63) is 86.9 Å². The Morgan fingerprint density at radius 3 is 2.82 bits per heavy atom. The number of hydrogen-bond donors (Lipinski definition) is 0. The van der Waals surface area contributed by atoms with Gasteiger partial charge in [-0.2, -0.15) is 4.36 Å². The van der Waals surface area contributed by atoms with E-state index in [-0.39, 0.29) is 35.2 Å². The van der Waals surface area contributed by atoms with Gasteiger partial charge in [0.2, 0.25) is 0 Å². The molecule has 0 saturated heterocycles. The maximum atomic E-state index is 14.4. The van der Waals surface area contributed by atoms with E-state index in [1.54, 1.807) is 30.0 Å². The molecule has 0 N–H and O–H groups in total. The Morgan fingerprint density at radius 1 is 1.16 bits per heavy atom. The summed E-state index contributed by atoms with van der Waals surface area (Å²) < 4.78 is 31.5. The van der Waals surface area contributed by atoms with Crippen LogP contribution in [0.5, 0.6) is 5.75 Å². The number of allylic oxidation sites excluding steroid dienone is 1. The predicted molar refractivity (Wildman–Crippen MR) is 200 cm³/mol. The molecule has 2 aliphatic heterocycles. The maximum Gasteiger partial charge on any atom is 0.285 e. The third-order valence-corrected chi connectivity index (χ3v) is 14.4. The van der Waals surface area contributed by atoms with Crippen LogP contribution in [0.15, 0.2) is 58.4 Å². The Kier molecular flexibility index (Phi) is 10.3. The molecule has 1 saturated carbocycles. The summed E-state index contributed by atoms with van der Waals surface area (Å²) >= 11 is 1.55.